The van der Waals surface area contributed by atoms with E-state index in [1.165, 1.54) is 11.8 Å². The lowest BCUT2D eigenvalue weighted by molar-refractivity contribution is -0.162. The fraction of sp³-hybridized carbons (Fsp3) is 0.529. The summed E-state index contributed by atoms with van der Waals surface area (Å²) in [5.41, 5.74) is -1.25. The second-order valence-electron chi connectivity index (χ2n) is 5.82. The summed E-state index contributed by atoms with van der Waals surface area (Å²) in [5, 5.41) is 28.8. The van der Waals surface area contributed by atoms with Gasteiger partial charge in [-0.05, 0) is 42.7 Å². The Balaban J connectivity index is 2.20. The number of benzene rings is 1. The normalized spacial score (nSPS) is 13.4. The van der Waals surface area contributed by atoms with E-state index in [1.54, 1.807) is 0 Å². The summed E-state index contributed by atoms with van der Waals surface area (Å²) < 4.78 is 0. The van der Waals surface area contributed by atoms with Crippen LogP contribution in [-0.4, -0.2) is 44.4 Å². The van der Waals surface area contributed by atoms with E-state index in [1.807, 2.05) is 18.2 Å². The lowest BCUT2D eigenvalue weighted by atomic mass is 10.0. The van der Waals surface area contributed by atoms with Crippen molar-refractivity contribution in [3.8, 4) is 0 Å². The largest absolute Gasteiger partial charge is 0.481 e. The molecule has 3 N–H and O–H groups in total. The Morgan fingerprint density at radius 3 is 2.20 bits per heavy atom. The molecular weight excluding hydrogens is 387 g/mol. The Kier molecular flexibility index (Phi) is 9.64. The van der Waals surface area contributed by atoms with Gasteiger partial charge in [-0.3, -0.25) is 4.79 Å². The first kappa shape index (κ1) is 22.1. The van der Waals surface area contributed by atoms with E-state index >= 15 is 0 Å². The summed E-state index contributed by atoms with van der Waals surface area (Å²) in [4.78, 5) is 21.6. The van der Waals surface area contributed by atoms with Crippen LogP contribution < -0.4 is 0 Å². The van der Waals surface area contributed by atoms with Gasteiger partial charge in [-0.2, -0.15) is 11.8 Å². The lowest BCUT2D eigenvalue weighted by Gasteiger charge is -2.20. The van der Waals surface area contributed by atoms with Crippen molar-refractivity contribution in [1.29, 1.82) is 0 Å². The molecule has 1 aromatic rings. The Hall–Kier alpha value is -0.950. The van der Waals surface area contributed by atoms with E-state index in [0.717, 1.165) is 37.7 Å². The van der Waals surface area contributed by atoms with Gasteiger partial charge in [-0.1, -0.05) is 42.1 Å². The van der Waals surface area contributed by atoms with E-state index in [0.29, 0.717) is 15.8 Å². The Labute approximate surface area is 161 Å². The molecule has 0 aromatic heterocycles. The molecule has 8 heteroatoms. The van der Waals surface area contributed by atoms with Gasteiger partial charge in [0.1, 0.15) is 0 Å². The highest BCUT2D eigenvalue weighted by Crippen LogP contribution is 2.26. The van der Waals surface area contributed by atoms with Gasteiger partial charge >= 0.3 is 11.9 Å². The molecule has 5 nitrogen and oxygen atoms in total. The van der Waals surface area contributed by atoms with Crippen LogP contribution in [0, 0.1) is 0 Å². The first-order chi connectivity index (χ1) is 11.8. The highest BCUT2D eigenvalue weighted by Gasteiger charge is 2.38. The fourth-order valence-electron chi connectivity index (χ4n) is 2.31. The molecule has 140 valence electrons. The van der Waals surface area contributed by atoms with Crippen molar-refractivity contribution in [2.24, 2.45) is 0 Å². The summed E-state index contributed by atoms with van der Waals surface area (Å²) in [6.07, 6.45) is 3.77. The summed E-state index contributed by atoms with van der Waals surface area (Å²) in [6.45, 7) is 0. The maximum absolute atomic E-state index is 11.0. The third kappa shape index (κ3) is 7.86. The second kappa shape index (κ2) is 10.9. The number of rotatable bonds is 12. The second-order valence-corrected chi connectivity index (χ2v) is 7.74. The van der Waals surface area contributed by atoms with Gasteiger partial charge < -0.3 is 15.3 Å². The van der Waals surface area contributed by atoms with Crippen LogP contribution in [0.5, 0.6) is 0 Å². The molecule has 0 aliphatic heterocycles. The zero-order valence-corrected chi connectivity index (χ0v) is 16.0. The van der Waals surface area contributed by atoms with Crippen LogP contribution >= 0.6 is 35.0 Å². The number of carboxylic acid groups (broad SMARTS) is 2. The van der Waals surface area contributed by atoms with Crippen LogP contribution in [0.2, 0.25) is 10.0 Å². The summed E-state index contributed by atoms with van der Waals surface area (Å²) in [5.74, 6) is -2.30. The molecule has 0 fully saturated rings. The molecule has 0 amide bonds. The number of halogens is 2. The van der Waals surface area contributed by atoms with Crippen molar-refractivity contribution in [1.82, 2.24) is 0 Å². The summed E-state index contributed by atoms with van der Waals surface area (Å²) in [7, 11) is 0. The van der Waals surface area contributed by atoms with Crippen LogP contribution in [0.15, 0.2) is 18.2 Å². The van der Waals surface area contributed by atoms with Gasteiger partial charge in [0.05, 0.1) is 6.42 Å². The minimum Gasteiger partial charge on any atom is -0.481 e. The number of hydrogen-bond acceptors (Lipinski definition) is 4. The molecule has 0 radical (unpaired) electrons. The smallest absolute Gasteiger partial charge is 0.337 e. The average Bonchev–Trinajstić information content (AvgIpc) is 2.51. The van der Waals surface area contributed by atoms with E-state index in [-0.39, 0.29) is 5.75 Å². The summed E-state index contributed by atoms with van der Waals surface area (Å²) in [6, 6.07) is 5.45. The van der Waals surface area contributed by atoms with Crippen LogP contribution in [0.4, 0.5) is 0 Å². The van der Waals surface area contributed by atoms with Crippen LogP contribution in [0.1, 0.15) is 37.7 Å². The molecular formula is C17H22Cl2O5S. The molecule has 1 rings (SSSR count). The minimum atomic E-state index is -2.21. The summed E-state index contributed by atoms with van der Waals surface area (Å²) >= 11 is 13.5. The molecule has 0 spiro atoms. The number of unbranched alkanes of at least 4 members (excludes halogenated alkanes) is 3. The zero-order valence-electron chi connectivity index (χ0n) is 13.7. The van der Waals surface area contributed by atoms with Gasteiger partial charge in [0.25, 0.3) is 0 Å². The lowest BCUT2D eigenvalue weighted by Crippen LogP contribution is -2.43. The molecule has 0 aliphatic carbocycles. The SMILES string of the molecule is O=C(O)C[C@](O)(CSCCCCCCc1c(Cl)cccc1Cl)C(=O)O. The Bertz CT molecular complexity index is 576. The third-order valence-electron chi connectivity index (χ3n) is 3.71. The molecule has 0 bridgehead atoms. The number of carboxylic acids is 2. The van der Waals surface area contributed by atoms with E-state index in [2.05, 4.69) is 0 Å². The molecule has 1 aromatic carbocycles. The number of hydrogen-bond donors (Lipinski definition) is 3. The molecule has 25 heavy (non-hydrogen) atoms. The standard InChI is InChI=1S/C17H22Cl2O5S/c18-13-7-5-8-14(19)12(13)6-3-1-2-4-9-25-11-17(24,16(22)23)10-15(20)21/h5,7-8,24H,1-4,6,9-11H2,(H,20,21)(H,22,23)/t17-/m0/s1. The molecule has 0 unspecified atom stereocenters. The van der Waals surface area contributed by atoms with Gasteiger partial charge in [-0.15, -0.1) is 0 Å². The van der Waals surface area contributed by atoms with Gasteiger partial charge in [-0.25, -0.2) is 4.79 Å². The maximum atomic E-state index is 11.0. The van der Waals surface area contributed by atoms with Crippen LogP contribution in [-0.2, 0) is 16.0 Å². The van der Waals surface area contributed by atoms with Crippen molar-refractivity contribution in [2.45, 2.75) is 44.1 Å². The first-order valence-electron chi connectivity index (χ1n) is 7.94. The van der Waals surface area contributed by atoms with Gasteiger partial charge in [0.2, 0.25) is 0 Å². The van der Waals surface area contributed by atoms with Crippen molar-refractivity contribution in [2.75, 3.05) is 11.5 Å². The van der Waals surface area contributed by atoms with Crippen molar-refractivity contribution in [3.05, 3.63) is 33.8 Å². The van der Waals surface area contributed by atoms with Crippen molar-refractivity contribution in [3.63, 3.8) is 0 Å². The number of thioether (sulfide) groups is 1. The maximum Gasteiger partial charge on any atom is 0.337 e. The predicted octanol–water partition coefficient (Wildman–Crippen LogP) is 4.12. The first-order valence-corrected chi connectivity index (χ1v) is 9.85. The Morgan fingerprint density at radius 2 is 1.64 bits per heavy atom. The minimum absolute atomic E-state index is 0.135. The Morgan fingerprint density at radius 1 is 1.04 bits per heavy atom. The van der Waals surface area contributed by atoms with E-state index in [9.17, 15) is 14.7 Å². The average molecular weight is 409 g/mol. The molecule has 0 saturated heterocycles. The monoisotopic (exact) mass is 408 g/mol. The van der Waals surface area contributed by atoms with Crippen LogP contribution in [0.25, 0.3) is 0 Å². The molecule has 0 aliphatic rings. The predicted molar refractivity (Wildman–Crippen MR) is 101 cm³/mol. The highest BCUT2D eigenvalue weighted by molar-refractivity contribution is 7.99. The van der Waals surface area contributed by atoms with Crippen molar-refractivity contribution >= 4 is 46.9 Å². The highest BCUT2D eigenvalue weighted by atomic mass is 35.5. The zero-order chi connectivity index (χ0) is 18.9. The van der Waals surface area contributed by atoms with E-state index < -0.39 is 24.0 Å². The number of carbonyl (C=O) groups is 2. The number of aliphatic carboxylic acids is 2. The fourth-order valence-corrected chi connectivity index (χ4v) is 4.01. The van der Waals surface area contributed by atoms with Gasteiger partial charge in [0.15, 0.2) is 5.60 Å². The topological polar surface area (TPSA) is 94.8 Å². The molecule has 1 atom stereocenters. The van der Waals surface area contributed by atoms with Crippen LogP contribution in [0.3, 0.4) is 0 Å². The van der Waals surface area contributed by atoms with E-state index in [4.69, 9.17) is 33.4 Å². The van der Waals surface area contributed by atoms with Gasteiger partial charge in [0, 0.05) is 15.8 Å². The quantitative estimate of drug-likeness (QED) is 0.450. The third-order valence-corrected chi connectivity index (χ3v) is 5.68. The molecule has 0 saturated carbocycles. The number of aliphatic hydroxyl groups is 1. The van der Waals surface area contributed by atoms with Crippen molar-refractivity contribution < 1.29 is 24.9 Å². The molecule has 0 heterocycles.